The lowest BCUT2D eigenvalue weighted by Gasteiger charge is -2.14. The molecule has 0 aromatic carbocycles. The maximum absolute atomic E-state index is 5.42. The minimum atomic E-state index is -0.888. The second-order valence-corrected chi connectivity index (χ2v) is 10.0. The number of nitrogens with one attached hydrogen (secondary N) is 1. The lowest BCUT2D eigenvalue weighted by atomic mass is 10.5. The number of H-pyrrole nitrogens is 1. The fourth-order valence-electron chi connectivity index (χ4n) is 1.11. The number of rotatable bonds is 5. The van der Waals surface area contributed by atoms with Crippen molar-refractivity contribution in [2.45, 2.75) is 32.1 Å². The molecular weight excluding hydrogens is 180 g/mol. The molecule has 13 heavy (non-hydrogen) atoms. The van der Waals surface area contributed by atoms with Crippen molar-refractivity contribution in [3.63, 3.8) is 0 Å². The van der Waals surface area contributed by atoms with Crippen LogP contribution in [0.3, 0.4) is 0 Å². The molecule has 74 valence electrons. The van der Waals surface area contributed by atoms with Crippen molar-refractivity contribution >= 4 is 8.07 Å². The van der Waals surface area contributed by atoms with E-state index in [0.717, 1.165) is 13.0 Å². The smallest absolute Gasteiger partial charge is 0.232 e. The lowest BCUT2D eigenvalue weighted by Crippen LogP contribution is -2.19. The molecule has 0 amide bonds. The summed E-state index contributed by atoms with van der Waals surface area (Å²) >= 11 is 0. The highest BCUT2D eigenvalue weighted by Gasteiger charge is 2.11. The van der Waals surface area contributed by atoms with Gasteiger partial charge in [0.15, 0.2) is 0 Å². The number of hydrogen-bond donors (Lipinski definition) is 1. The molecule has 1 aromatic heterocycles. The van der Waals surface area contributed by atoms with E-state index >= 15 is 0 Å². The van der Waals surface area contributed by atoms with Crippen molar-refractivity contribution in [3.8, 4) is 5.88 Å². The van der Waals surface area contributed by atoms with Crippen molar-refractivity contribution in [2.24, 2.45) is 0 Å². The summed E-state index contributed by atoms with van der Waals surface area (Å²) in [5.41, 5.74) is 0. The average molecular weight is 198 g/mol. The Bertz CT molecular complexity index is 228. The van der Waals surface area contributed by atoms with Crippen LogP contribution in [-0.4, -0.2) is 24.9 Å². The van der Waals surface area contributed by atoms with Crippen LogP contribution in [0, 0.1) is 0 Å². The Morgan fingerprint density at radius 1 is 1.46 bits per heavy atom. The third kappa shape index (κ3) is 4.72. The quantitative estimate of drug-likeness (QED) is 0.583. The van der Waals surface area contributed by atoms with Crippen LogP contribution in [0.25, 0.3) is 0 Å². The van der Waals surface area contributed by atoms with Crippen molar-refractivity contribution in [2.75, 3.05) is 6.61 Å². The highest BCUT2D eigenvalue weighted by atomic mass is 28.3. The zero-order chi connectivity index (χ0) is 9.73. The molecule has 0 spiro atoms. The third-order valence-electron chi connectivity index (χ3n) is 1.80. The minimum Gasteiger partial charge on any atom is -0.477 e. The van der Waals surface area contributed by atoms with Gasteiger partial charge in [-0.2, -0.15) is 0 Å². The van der Waals surface area contributed by atoms with Crippen LogP contribution in [0.1, 0.15) is 6.42 Å². The van der Waals surface area contributed by atoms with Crippen LogP contribution in [0.4, 0.5) is 0 Å². The van der Waals surface area contributed by atoms with Crippen LogP contribution in [0.5, 0.6) is 5.88 Å². The zero-order valence-electron chi connectivity index (χ0n) is 8.63. The van der Waals surface area contributed by atoms with Crippen molar-refractivity contribution < 1.29 is 4.74 Å². The molecule has 0 fully saturated rings. The Labute approximate surface area is 80.5 Å². The van der Waals surface area contributed by atoms with E-state index in [9.17, 15) is 0 Å². The summed E-state index contributed by atoms with van der Waals surface area (Å²) in [6.07, 6.45) is 2.91. The van der Waals surface area contributed by atoms with Gasteiger partial charge in [-0.05, 0) is 6.42 Å². The Hall–Kier alpha value is -0.773. The van der Waals surface area contributed by atoms with Crippen LogP contribution in [0.2, 0.25) is 25.7 Å². The number of aromatic amines is 1. The van der Waals surface area contributed by atoms with Gasteiger partial charge in [0.1, 0.15) is 0 Å². The minimum absolute atomic E-state index is 0.704. The van der Waals surface area contributed by atoms with Crippen LogP contribution >= 0.6 is 0 Å². The Morgan fingerprint density at radius 3 is 2.77 bits per heavy atom. The summed E-state index contributed by atoms with van der Waals surface area (Å²) in [6.45, 7) is 7.92. The molecule has 0 radical (unpaired) electrons. The Balaban J connectivity index is 2.09. The van der Waals surface area contributed by atoms with Crippen LogP contribution < -0.4 is 4.74 Å². The summed E-state index contributed by atoms with van der Waals surface area (Å²) < 4.78 is 5.42. The fraction of sp³-hybridized carbons (Fsp3) is 0.667. The van der Waals surface area contributed by atoms with Gasteiger partial charge in [-0.1, -0.05) is 25.7 Å². The second-order valence-electron chi connectivity index (χ2n) is 4.43. The molecule has 0 aliphatic rings. The van der Waals surface area contributed by atoms with E-state index in [2.05, 4.69) is 29.8 Å². The highest BCUT2D eigenvalue weighted by molar-refractivity contribution is 6.76. The van der Waals surface area contributed by atoms with Gasteiger partial charge in [-0.25, -0.2) is 0 Å². The molecule has 3 nitrogen and oxygen atoms in total. The first-order valence-electron chi connectivity index (χ1n) is 4.70. The molecule has 0 bridgehead atoms. The van der Waals surface area contributed by atoms with E-state index in [1.165, 1.54) is 6.04 Å². The molecule has 1 aromatic rings. The van der Waals surface area contributed by atoms with Gasteiger partial charge < -0.3 is 4.74 Å². The normalized spacial score (nSPS) is 11.6. The predicted molar refractivity (Wildman–Crippen MR) is 56.9 cm³/mol. The van der Waals surface area contributed by atoms with Crippen molar-refractivity contribution in [1.29, 1.82) is 0 Å². The average Bonchev–Trinajstić information content (AvgIpc) is 2.48. The molecule has 0 aliphatic carbocycles. The lowest BCUT2D eigenvalue weighted by molar-refractivity contribution is 0.304. The van der Waals surface area contributed by atoms with Gasteiger partial charge in [0, 0.05) is 20.3 Å². The molecule has 0 unspecified atom stereocenters. The zero-order valence-corrected chi connectivity index (χ0v) is 9.63. The molecule has 0 aliphatic heterocycles. The summed E-state index contributed by atoms with van der Waals surface area (Å²) in [6, 6.07) is 3.16. The second kappa shape index (κ2) is 4.46. The van der Waals surface area contributed by atoms with E-state index in [1.54, 1.807) is 6.20 Å². The van der Waals surface area contributed by atoms with Gasteiger partial charge >= 0.3 is 0 Å². The van der Waals surface area contributed by atoms with Crippen molar-refractivity contribution in [1.82, 2.24) is 10.2 Å². The molecule has 0 atom stereocenters. The number of nitrogens with zero attached hydrogens (tertiary/aromatic N) is 1. The summed E-state index contributed by atoms with van der Waals surface area (Å²) in [5, 5.41) is 6.63. The SMILES string of the molecule is C[Si](C)(C)CCCOc1cc[nH]n1. The van der Waals surface area contributed by atoms with E-state index in [0.29, 0.717) is 5.88 Å². The molecule has 0 saturated carbocycles. The largest absolute Gasteiger partial charge is 0.477 e. The van der Waals surface area contributed by atoms with Crippen LogP contribution in [-0.2, 0) is 0 Å². The molecule has 1 heterocycles. The van der Waals surface area contributed by atoms with E-state index in [1.807, 2.05) is 6.07 Å². The molecule has 4 heteroatoms. The van der Waals surface area contributed by atoms with E-state index < -0.39 is 8.07 Å². The van der Waals surface area contributed by atoms with Crippen LogP contribution in [0.15, 0.2) is 12.3 Å². The third-order valence-corrected chi connectivity index (χ3v) is 3.65. The monoisotopic (exact) mass is 198 g/mol. The number of aromatic nitrogens is 2. The summed E-state index contributed by atoms with van der Waals surface area (Å²) in [4.78, 5) is 0. The molecule has 1 rings (SSSR count). The summed E-state index contributed by atoms with van der Waals surface area (Å²) in [5.74, 6) is 0.704. The predicted octanol–water partition coefficient (Wildman–Crippen LogP) is 2.52. The topological polar surface area (TPSA) is 37.9 Å². The van der Waals surface area contributed by atoms with Gasteiger partial charge in [0.05, 0.1) is 6.61 Å². The fourth-order valence-corrected chi connectivity index (χ4v) is 2.31. The highest BCUT2D eigenvalue weighted by Crippen LogP contribution is 2.11. The maximum atomic E-state index is 5.42. The number of hydrogen-bond acceptors (Lipinski definition) is 2. The molecule has 1 N–H and O–H groups in total. The Morgan fingerprint density at radius 2 is 2.23 bits per heavy atom. The Kier molecular flexibility index (Phi) is 3.54. The van der Waals surface area contributed by atoms with Gasteiger partial charge in [0.25, 0.3) is 0 Å². The number of ether oxygens (including phenoxy) is 1. The summed E-state index contributed by atoms with van der Waals surface area (Å²) in [7, 11) is -0.888. The van der Waals surface area contributed by atoms with Gasteiger partial charge in [-0.3, -0.25) is 5.10 Å². The van der Waals surface area contributed by atoms with Gasteiger partial charge in [-0.15, -0.1) is 5.10 Å². The first-order valence-corrected chi connectivity index (χ1v) is 8.41. The first-order chi connectivity index (χ1) is 6.08. The first kappa shape index (κ1) is 10.3. The van der Waals surface area contributed by atoms with Gasteiger partial charge in [0.2, 0.25) is 5.88 Å². The molecule has 0 saturated heterocycles. The molecular formula is C9H18N2OSi. The van der Waals surface area contributed by atoms with Crippen molar-refractivity contribution in [3.05, 3.63) is 12.3 Å². The standard InChI is InChI=1S/C9H18N2OSi/c1-13(2,3)8-4-7-12-9-5-6-10-11-9/h5-6H,4,7-8H2,1-3H3,(H,10,11). The maximum Gasteiger partial charge on any atom is 0.232 e. The van der Waals surface area contributed by atoms with E-state index in [4.69, 9.17) is 4.74 Å². The van der Waals surface area contributed by atoms with E-state index in [-0.39, 0.29) is 0 Å².